The van der Waals surface area contributed by atoms with Gasteiger partial charge in [-0.2, -0.15) is 0 Å². The number of fused-ring (bicyclic) bond motifs is 1. The van der Waals surface area contributed by atoms with Gasteiger partial charge in [-0.05, 0) is 36.2 Å². The number of rotatable bonds is 3. The molecule has 1 aromatic carbocycles. The topological polar surface area (TPSA) is 103 Å². The zero-order chi connectivity index (χ0) is 18.0. The van der Waals surface area contributed by atoms with Crippen molar-refractivity contribution in [1.29, 1.82) is 0 Å². The van der Waals surface area contributed by atoms with Crippen LogP contribution in [0.3, 0.4) is 0 Å². The third kappa shape index (κ3) is 3.04. The van der Waals surface area contributed by atoms with Crippen molar-refractivity contribution < 1.29 is 13.2 Å². The summed E-state index contributed by atoms with van der Waals surface area (Å²) >= 11 is 0. The molecule has 1 atom stereocenters. The Balaban J connectivity index is 2.09. The van der Waals surface area contributed by atoms with E-state index in [9.17, 15) is 13.2 Å². The van der Waals surface area contributed by atoms with Crippen molar-refractivity contribution in [3.8, 4) is 0 Å². The molecule has 1 aliphatic carbocycles. The smallest absolute Gasteiger partial charge is 0.195 e. The van der Waals surface area contributed by atoms with Crippen LogP contribution in [0, 0.1) is 0 Å². The number of carbonyl (C=O) groups excluding carboxylic acids is 1. The van der Waals surface area contributed by atoms with Gasteiger partial charge in [-0.3, -0.25) is 4.90 Å². The summed E-state index contributed by atoms with van der Waals surface area (Å²) in [5, 5.41) is 2.61. The molecule has 128 valence electrons. The molecule has 0 bridgehead atoms. The van der Waals surface area contributed by atoms with Gasteiger partial charge in [0.25, 0.3) is 0 Å². The Labute approximate surface area is 145 Å². The highest BCUT2D eigenvalue weighted by atomic mass is 32.2. The van der Waals surface area contributed by atoms with E-state index < -0.39 is 15.2 Å². The molecule has 3 rings (SSSR count). The maximum absolute atomic E-state index is 13.3. The van der Waals surface area contributed by atoms with E-state index >= 15 is 0 Å². The van der Waals surface area contributed by atoms with Crippen LogP contribution in [0.25, 0.3) is 10.4 Å². The van der Waals surface area contributed by atoms with Gasteiger partial charge in [-0.1, -0.05) is 35.5 Å². The van der Waals surface area contributed by atoms with E-state index in [0.29, 0.717) is 6.54 Å². The van der Waals surface area contributed by atoms with Crippen molar-refractivity contribution in [3.63, 3.8) is 0 Å². The SMILES string of the molecule is CN1CCc2ccccc2C1S(=O)(=O)C1=CC=C(N=[N+]=[N-])C(=C=O)C1. The molecular formula is C17H16N4O3S. The lowest BCUT2D eigenvalue weighted by atomic mass is 10.0. The average molecular weight is 356 g/mol. The lowest BCUT2D eigenvalue weighted by Gasteiger charge is -2.34. The lowest BCUT2D eigenvalue weighted by Crippen LogP contribution is -2.37. The molecule has 25 heavy (non-hydrogen) atoms. The fraction of sp³-hybridized carbons (Fsp3) is 0.294. The Morgan fingerprint density at radius 2 is 2.08 bits per heavy atom. The highest BCUT2D eigenvalue weighted by Gasteiger charge is 2.38. The summed E-state index contributed by atoms with van der Waals surface area (Å²) in [6.45, 7) is 0.629. The summed E-state index contributed by atoms with van der Waals surface area (Å²) in [6.07, 6.45) is 3.43. The zero-order valence-electron chi connectivity index (χ0n) is 13.6. The fourth-order valence-corrected chi connectivity index (χ4v) is 5.26. The maximum atomic E-state index is 13.3. The first-order chi connectivity index (χ1) is 12.0. The summed E-state index contributed by atoms with van der Waals surface area (Å²) in [6, 6.07) is 7.49. The standard InChI is InChI=1S/C17H16N4O3S/c1-21-9-8-12-4-2-3-5-15(12)17(21)25(23,24)14-6-7-16(19-20-18)13(10-14)11-22/h2-7,17H,8-10H2,1H3. The molecule has 0 N–H and O–H groups in total. The molecule has 1 unspecified atom stereocenters. The molecule has 1 aromatic rings. The number of likely N-dealkylation sites (N-methyl/N-ethyl adjacent to an activating group) is 1. The summed E-state index contributed by atoms with van der Waals surface area (Å²) in [5.41, 5.74) is 10.5. The molecule has 0 saturated carbocycles. The molecule has 1 heterocycles. The number of azide groups is 1. The maximum Gasteiger partial charge on any atom is 0.195 e. The predicted octanol–water partition coefficient (Wildman–Crippen LogP) is 2.83. The Morgan fingerprint density at radius 3 is 2.80 bits per heavy atom. The second kappa shape index (κ2) is 6.70. The van der Waals surface area contributed by atoms with Crippen molar-refractivity contribution in [1.82, 2.24) is 4.90 Å². The number of hydrogen-bond acceptors (Lipinski definition) is 5. The summed E-state index contributed by atoms with van der Waals surface area (Å²) in [7, 11) is -1.94. The first kappa shape index (κ1) is 17.2. The van der Waals surface area contributed by atoms with Crippen LogP contribution in [-0.4, -0.2) is 32.9 Å². The monoisotopic (exact) mass is 356 g/mol. The van der Waals surface area contributed by atoms with E-state index in [0.717, 1.165) is 17.5 Å². The largest absolute Gasteiger partial charge is 0.286 e. The lowest BCUT2D eigenvalue weighted by molar-refractivity contribution is 0.292. The number of hydrogen-bond donors (Lipinski definition) is 0. The normalized spacial score (nSPS) is 20.7. The highest BCUT2D eigenvalue weighted by molar-refractivity contribution is 7.95. The Morgan fingerprint density at radius 1 is 1.32 bits per heavy atom. The van der Waals surface area contributed by atoms with Gasteiger partial charge in [-0.15, -0.1) is 0 Å². The fourth-order valence-electron chi connectivity index (χ4n) is 3.22. The molecule has 0 saturated heterocycles. The van der Waals surface area contributed by atoms with Gasteiger partial charge in [-0.25, -0.2) is 13.2 Å². The summed E-state index contributed by atoms with van der Waals surface area (Å²) < 4.78 is 26.5. The van der Waals surface area contributed by atoms with Crippen LogP contribution >= 0.6 is 0 Å². The number of nitrogens with zero attached hydrogens (tertiary/aromatic N) is 4. The minimum atomic E-state index is -3.72. The average Bonchev–Trinajstić information content (AvgIpc) is 2.61. The second-order valence-corrected chi connectivity index (χ2v) is 8.02. The quantitative estimate of drug-likeness (QED) is 0.359. The zero-order valence-corrected chi connectivity index (χ0v) is 14.4. The molecule has 0 spiro atoms. The van der Waals surface area contributed by atoms with E-state index in [1.165, 1.54) is 12.2 Å². The van der Waals surface area contributed by atoms with Crippen molar-refractivity contribution in [2.24, 2.45) is 5.11 Å². The van der Waals surface area contributed by atoms with Crippen molar-refractivity contribution in [2.75, 3.05) is 13.6 Å². The van der Waals surface area contributed by atoms with Gasteiger partial charge in [0, 0.05) is 17.9 Å². The second-order valence-electron chi connectivity index (χ2n) is 5.96. The van der Waals surface area contributed by atoms with Crippen LogP contribution in [0.1, 0.15) is 22.9 Å². The van der Waals surface area contributed by atoms with Crippen molar-refractivity contribution in [2.45, 2.75) is 18.2 Å². The summed E-state index contributed by atoms with van der Waals surface area (Å²) in [5.74, 6) is 1.69. The molecule has 2 aliphatic rings. The Hall–Kier alpha value is -2.63. The van der Waals surface area contributed by atoms with Crippen LogP contribution in [0.15, 0.2) is 57.7 Å². The Kier molecular flexibility index (Phi) is 4.61. The minimum Gasteiger partial charge on any atom is -0.286 e. The minimum absolute atomic E-state index is 0.0469. The summed E-state index contributed by atoms with van der Waals surface area (Å²) in [4.78, 5) is 15.7. The van der Waals surface area contributed by atoms with E-state index in [1.54, 1.807) is 17.9 Å². The van der Waals surface area contributed by atoms with Crippen LogP contribution in [0.4, 0.5) is 0 Å². The molecule has 0 fully saturated rings. The third-order valence-electron chi connectivity index (χ3n) is 4.48. The van der Waals surface area contributed by atoms with Crippen LogP contribution in [0.5, 0.6) is 0 Å². The van der Waals surface area contributed by atoms with Crippen LogP contribution < -0.4 is 0 Å². The molecule has 8 heteroatoms. The van der Waals surface area contributed by atoms with Crippen molar-refractivity contribution in [3.05, 3.63) is 74.2 Å². The molecule has 0 aromatic heterocycles. The number of sulfone groups is 1. The van der Waals surface area contributed by atoms with Crippen LogP contribution in [-0.2, 0) is 21.1 Å². The van der Waals surface area contributed by atoms with Crippen molar-refractivity contribution >= 4 is 15.8 Å². The number of benzene rings is 1. The molecule has 0 amide bonds. The molecule has 1 aliphatic heterocycles. The van der Waals surface area contributed by atoms with E-state index in [-0.39, 0.29) is 22.6 Å². The van der Waals surface area contributed by atoms with Gasteiger partial charge in [0.15, 0.2) is 9.84 Å². The molecular weight excluding hydrogens is 340 g/mol. The molecule has 7 nitrogen and oxygen atoms in total. The Bertz CT molecular complexity index is 981. The van der Waals surface area contributed by atoms with E-state index in [4.69, 9.17) is 5.53 Å². The first-order valence-corrected chi connectivity index (χ1v) is 9.26. The van der Waals surface area contributed by atoms with Gasteiger partial charge in [0.1, 0.15) is 11.3 Å². The van der Waals surface area contributed by atoms with Gasteiger partial charge < -0.3 is 0 Å². The third-order valence-corrected chi connectivity index (χ3v) is 6.69. The van der Waals surface area contributed by atoms with Gasteiger partial charge in [0.2, 0.25) is 0 Å². The first-order valence-electron chi connectivity index (χ1n) is 7.71. The van der Waals surface area contributed by atoms with Gasteiger partial charge >= 0.3 is 0 Å². The van der Waals surface area contributed by atoms with E-state index in [1.807, 2.05) is 24.3 Å². The predicted molar refractivity (Wildman–Crippen MR) is 93.6 cm³/mol. The number of allylic oxidation sites excluding steroid dienone is 4. The highest BCUT2D eigenvalue weighted by Crippen LogP contribution is 2.39. The molecule has 0 radical (unpaired) electrons. The van der Waals surface area contributed by atoms with E-state index in [2.05, 4.69) is 10.0 Å². The van der Waals surface area contributed by atoms with Crippen LogP contribution in [0.2, 0.25) is 0 Å². The van der Waals surface area contributed by atoms with Gasteiger partial charge in [0.05, 0.1) is 16.2 Å².